The number of hydrogen-bond donors (Lipinski definition) is 2. The van der Waals surface area contributed by atoms with Crippen LogP contribution in [0.3, 0.4) is 0 Å². The Morgan fingerprint density at radius 3 is 2.56 bits per heavy atom. The lowest BCUT2D eigenvalue weighted by Crippen LogP contribution is -2.34. The van der Waals surface area contributed by atoms with Crippen LogP contribution in [-0.2, 0) is 11.3 Å². The molecule has 0 saturated heterocycles. The minimum atomic E-state index is -0.370. The predicted molar refractivity (Wildman–Crippen MR) is 140 cm³/mol. The van der Waals surface area contributed by atoms with Gasteiger partial charge in [-0.2, -0.15) is 0 Å². The van der Waals surface area contributed by atoms with Gasteiger partial charge in [0.15, 0.2) is 11.0 Å². The third kappa shape index (κ3) is 6.40. The first-order valence-electron chi connectivity index (χ1n) is 10.9. The number of halogens is 2. The van der Waals surface area contributed by atoms with Gasteiger partial charge in [-0.05, 0) is 55.7 Å². The Bertz CT molecular complexity index is 1180. The molecule has 0 fully saturated rings. The number of rotatable bonds is 9. The monoisotopic (exact) mass is 563 g/mol. The van der Waals surface area contributed by atoms with Crippen LogP contribution in [0.1, 0.15) is 48.6 Å². The van der Waals surface area contributed by atoms with E-state index in [0.29, 0.717) is 28.1 Å². The fraction of sp³-hybridized carbons (Fsp3) is 0.333. The zero-order valence-electron chi connectivity index (χ0n) is 19.4. The molecule has 0 bridgehead atoms. The van der Waals surface area contributed by atoms with Crippen molar-refractivity contribution in [3.8, 4) is 0 Å². The third-order valence-electron chi connectivity index (χ3n) is 5.19. The lowest BCUT2D eigenvalue weighted by molar-refractivity contribution is -0.113. The van der Waals surface area contributed by atoms with E-state index >= 15 is 0 Å². The summed E-state index contributed by atoms with van der Waals surface area (Å²) in [5.41, 5.74) is 2.19. The number of amides is 2. The van der Waals surface area contributed by atoms with Gasteiger partial charge >= 0.3 is 0 Å². The van der Waals surface area contributed by atoms with Crippen molar-refractivity contribution in [2.45, 2.75) is 45.4 Å². The van der Waals surface area contributed by atoms with Crippen LogP contribution in [0.5, 0.6) is 0 Å². The molecular weight excluding hydrogens is 538 g/mol. The molecule has 1 aromatic heterocycles. The molecule has 0 aliphatic rings. The Kier molecular flexibility index (Phi) is 9.16. The van der Waals surface area contributed by atoms with Crippen LogP contribution in [-0.4, -0.2) is 32.3 Å². The van der Waals surface area contributed by atoms with Crippen LogP contribution in [0.2, 0.25) is 5.02 Å². The van der Waals surface area contributed by atoms with Crippen molar-refractivity contribution < 1.29 is 9.59 Å². The van der Waals surface area contributed by atoms with Gasteiger partial charge in [-0.1, -0.05) is 65.3 Å². The first-order chi connectivity index (χ1) is 16.2. The summed E-state index contributed by atoms with van der Waals surface area (Å²) in [6.07, 6.45) is 0. The minimum Gasteiger partial charge on any atom is -0.342 e. The first-order valence-corrected chi connectivity index (χ1v) is 13.0. The molecule has 1 heterocycles. The average molecular weight is 565 g/mol. The molecule has 2 amide bonds. The van der Waals surface area contributed by atoms with E-state index in [9.17, 15) is 9.59 Å². The van der Waals surface area contributed by atoms with E-state index < -0.39 is 0 Å². The summed E-state index contributed by atoms with van der Waals surface area (Å²) in [7, 11) is 0. The zero-order valence-corrected chi connectivity index (χ0v) is 22.6. The summed E-state index contributed by atoms with van der Waals surface area (Å²) < 4.78 is 2.92. The summed E-state index contributed by atoms with van der Waals surface area (Å²) in [6.45, 7) is 8.56. The van der Waals surface area contributed by atoms with Gasteiger partial charge in [-0.15, -0.1) is 10.2 Å². The fourth-order valence-electron chi connectivity index (χ4n) is 3.38. The second kappa shape index (κ2) is 11.9. The van der Waals surface area contributed by atoms with Gasteiger partial charge in [0.1, 0.15) is 0 Å². The number of anilines is 1. The summed E-state index contributed by atoms with van der Waals surface area (Å²) in [6, 6.07) is 12.2. The Morgan fingerprint density at radius 1 is 1.18 bits per heavy atom. The summed E-state index contributed by atoms with van der Waals surface area (Å²) in [5.74, 6) is 0.484. The van der Waals surface area contributed by atoms with E-state index in [0.717, 1.165) is 15.7 Å². The lowest BCUT2D eigenvalue weighted by atomic mass is 10.0. The van der Waals surface area contributed by atoms with Crippen LogP contribution >= 0.6 is 39.3 Å². The van der Waals surface area contributed by atoms with Gasteiger partial charge in [0, 0.05) is 16.7 Å². The van der Waals surface area contributed by atoms with Crippen LogP contribution in [0.25, 0.3) is 0 Å². The molecule has 0 spiro atoms. The number of aromatic nitrogens is 3. The zero-order chi connectivity index (χ0) is 24.8. The van der Waals surface area contributed by atoms with Crippen LogP contribution in [0.4, 0.5) is 5.69 Å². The molecule has 0 aliphatic carbocycles. The van der Waals surface area contributed by atoms with Gasteiger partial charge in [0.05, 0.1) is 22.4 Å². The van der Waals surface area contributed by atoms with Crippen molar-refractivity contribution in [3.05, 3.63) is 68.9 Å². The number of thioether (sulfide) groups is 1. The van der Waals surface area contributed by atoms with E-state index in [4.69, 9.17) is 11.6 Å². The largest absolute Gasteiger partial charge is 0.342 e. The maximum Gasteiger partial charge on any atom is 0.253 e. The van der Waals surface area contributed by atoms with Crippen LogP contribution in [0.15, 0.2) is 52.1 Å². The van der Waals surface area contributed by atoms with Crippen LogP contribution < -0.4 is 10.6 Å². The van der Waals surface area contributed by atoms with Crippen molar-refractivity contribution in [1.82, 2.24) is 20.1 Å². The predicted octanol–water partition coefficient (Wildman–Crippen LogP) is 5.88. The first kappa shape index (κ1) is 26.2. The smallest absolute Gasteiger partial charge is 0.253 e. The highest BCUT2D eigenvalue weighted by atomic mass is 79.9. The average Bonchev–Trinajstić information content (AvgIpc) is 3.21. The summed E-state index contributed by atoms with van der Waals surface area (Å²) in [4.78, 5) is 25.4. The van der Waals surface area contributed by atoms with Gasteiger partial charge in [-0.25, -0.2) is 0 Å². The molecule has 2 aromatic carbocycles. The number of aryl methyl sites for hydroxylation is 1. The van der Waals surface area contributed by atoms with Gasteiger partial charge in [0.25, 0.3) is 5.91 Å². The van der Waals surface area contributed by atoms with E-state index in [1.54, 1.807) is 24.3 Å². The number of carbonyl (C=O) groups excluding carboxylic acids is 2. The molecule has 0 aliphatic heterocycles. The molecule has 180 valence electrons. The maximum absolute atomic E-state index is 12.9. The maximum atomic E-state index is 12.9. The number of nitrogens with zero attached hydrogens (tertiary/aromatic N) is 3. The van der Waals surface area contributed by atoms with Crippen molar-refractivity contribution in [2.75, 3.05) is 11.1 Å². The normalized spacial score (nSPS) is 12.0. The highest BCUT2D eigenvalue weighted by Gasteiger charge is 2.26. The van der Waals surface area contributed by atoms with Crippen molar-refractivity contribution in [2.24, 2.45) is 5.92 Å². The summed E-state index contributed by atoms with van der Waals surface area (Å²) >= 11 is 11.0. The number of carbonyl (C=O) groups is 2. The Balaban J connectivity index is 1.72. The molecule has 3 aromatic rings. The van der Waals surface area contributed by atoms with Crippen molar-refractivity contribution in [1.29, 1.82) is 0 Å². The Morgan fingerprint density at radius 2 is 1.91 bits per heavy atom. The number of benzene rings is 2. The third-order valence-corrected chi connectivity index (χ3v) is 7.37. The van der Waals surface area contributed by atoms with E-state index in [-0.39, 0.29) is 29.5 Å². The Hall–Kier alpha value is -2.36. The molecule has 0 saturated carbocycles. The Labute approximate surface area is 217 Å². The second-order valence-electron chi connectivity index (χ2n) is 8.06. The molecular formula is C24H27BrClN5O2S. The van der Waals surface area contributed by atoms with Gasteiger partial charge in [0.2, 0.25) is 5.91 Å². The van der Waals surface area contributed by atoms with Gasteiger partial charge < -0.3 is 15.2 Å². The second-order valence-corrected chi connectivity index (χ2v) is 10.3. The molecule has 0 radical (unpaired) electrons. The highest BCUT2D eigenvalue weighted by molar-refractivity contribution is 9.10. The standard InChI is InChI=1S/C24H27BrClN5O2S/c1-5-31-22(21(14(2)3)28-23(33)17-8-6-7-9-19(17)26)29-30-24(31)34-13-20(32)27-16-10-11-18(25)15(4)12-16/h6-12,14,21H,5,13H2,1-4H3,(H,27,32)(H,28,33)/t21-/m1/s1. The number of nitrogens with one attached hydrogen (secondary N) is 2. The van der Waals surface area contributed by atoms with E-state index in [1.807, 2.05) is 50.5 Å². The molecule has 7 nitrogen and oxygen atoms in total. The lowest BCUT2D eigenvalue weighted by Gasteiger charge is -2.22. The minimum absolute atomic E-state index is 0.0581. The van der Waals surface area contributed by atoms with Crippen LogP contribution in [0, 0.1) is 12.8 Å². The molecule has 34 heavy (non-hydrogen) atoms. The molecule has 10 heteroatoms. The highest BCUT2D eigenvalue weighted by Crippen LogP contribution is 2.27. The quantitative estimate of drug-likeness (QED) is 0.317. The SMILES string of the molecule is CCn1c(SCC(=O)Nc2ccc(Br)c(C)c2)nnc1[C@H](NC(=O)c1ccccc1Cl)C(C)C. The fourth-order valence-corrected chi connectivity index (χ4v) is 4.65. The number of hydrogen-bond acceptors (Lipinski definition) is 5. The molecule has 1 atom stereocenters. The summed E-state index contributed by atoms with van der Waals surface area (Å²) in [5, 5.41) is 15.6. The molecule has 2 N–H and O–H groups in total. The topological polar surface area (TPSA) is 88.9 Å². The molecule has 3 rings (SSSR count). The van der Waals surface area contributed by atoms with Crippen molar-refractivity contribution >= 4 is 56.8 Å². The van der Waals surface area contributed by atoms with E-state index in [1.165, 1.54) is 11.8 Å². The molecule has 0 unspecified atom stereocenters. The van der Waals surface area contributed by atoms with Gasteiger partial charge in [-0.3, -0.25) is 9.59 Å². The van der Waals surface area contributed by atoms with E-state index in [2.05, 4.69) is 36.8 Å². The van der Waals surface area contributed by atoms with Crippen molar-refractivity contribution in [3.63, 3.8) is 0 Å².